The molecule has 1 aromatic carbocycles. The van der Waals surface area contributed by atoms with E-state index in [0.717, 1.165) is 35.4 Å². The van der Waals surface area contributed by atoms with Crippen LogP contribution in [-0.4, -0.2) is 27.3 Å². The van der Waals surface area contributed by atoms with Crippen LogP contribution in [0.25, 0.3) is 0 Å². The summed E-state index contributed by atoms with van der Waals surface area (Å²) in [5, 5.41) is 16.7. The van der Waals surface area contributed by atoms with Gasteiger partial charge in [0.1, 0.15) is 6.04 Å². The number of nitrogens with one attached hydrogen (secondary N) is 1. The number of halogens is 3. The van der Waals surface area contributed by atoms with E-state index in [1.54, 1.807) is 0 Å². The average Bonchev–Trinajstić information content (AvgIpc) is 3.23. The van der Waals surface area contributed by atoms with Crippen molar-refractivity contribution < 1.29 is 23.1 Å². The van der Waals surface area contributed by atoms with Gasteiger partial charge in [0.15, 0.2) is 5.69 Å². The van der Waals surface area contributed by atoms with Gasteiger partial charge in [-0.05, 0) is 31.4 Å². The van der Waals surface area contributed by atoms with Gasteiger partial charge in [0.05, 0.1) is 6.10 Å². The molecule has 1 aromatic heterocycles. The molecular formula is C18H20F3N3O2. The molecule has 8 heteroatoms. The first kappa shape index (κ1) is 18.4. The van der Waals surface area contributed by atoms with E-state index >= 15 is 0 Å². The number of rotatable bonds is 6. The molecule has 0 aliphatic heterocycles. The van der Waals surface area contributed by atoms with Crippen molar-refractivity contribution in [3.63, 3.8) is 0 Å². The van der Waals surface area contributed by atoms with E-state index in [0.29, 0.717) is 0 Å². The minimum atomic E-state index is -4.54. The lowest BCUT2D eigenvalue weighted by molar-refractivity contribution is -0.142. The molecule has 0 radical (unpaired) electrons. The van der Waals surface area contributed by atoms with E-state index in [-0.39, 0.29) is 6.54 Å². The van der Waals surface area contributed by atoms with Gasteiger partial charge in [-0.2, -0.15) is 18.3 Å². The zero-order valence-electron chi connectivity index (χ0n) is 14.2. The molecule has 5 nitrogen and oxygen atoms in total. The first-order valence-corrected chi connectivity index (χ1v) is 8.36. The molecule has 2 unspecified atom stereocenters. The van der Waals surface area contributed by atoms with Crippen LogP contribution in [0.2, 0.25) is 0 Å². The minimum Gasteiger partial charge on any atom is -0.388 e. The maximum Gasteiger partial charge on any atom is 0.435 e. The monoisotopic (exact) mass is 367 g/mol. The Morgan fingerprint density at radius 3 is 2.50 bits per heavy atom. The highest BCUT2D eigenvalue weighted by Gasteiger charge is 2.49. The number of hydrogen-bond acceptors (Lipinski definition) is 3. The molecule has 2 N–H and O–H groups in total. The lowest BCUT2D eigenvalue weighted by Crippen LogP contribution is -2.37. The number of benzene rings is 1. The van der Waals surface area contributed by atoms with E-state index in [1.165, 1.54) is 6.92 Å². The maximum absolute atomic E-state index is 12.6. The van der Waals surface area contributed by atoms with Gasteiger partial charge in [0.2, 0.25) is 5.91 Å². The van der Waals surface area contributed by atoms with E-state index in [1.807, 2.05) is 30.3 Å². The molecule has 2 aromatic rings. The second kappa shape index (κ2) is 6.75. The van der Waals surface area contributed by atoms with Gasteiger partial charge in [0, 0.05) is 18.2 Å². The van der Waals surface area contributed by atoms with Crippen LogP contribution in [0.1, 0.15) is 43.2 Å². The number of alkyl halides is 3. The molecule has 26 heavy (non-hydrogen) atoms. The van der Waals surface area contributed by atoms with E-state index < -0.39 is 35.3 Å². The number of hydrogen-bond donors (Lipinski definition) is 2. The fraction of sp³-hybridized carbons (Fsp3) is 0.444. The minimum absolute atomic E-state index is 0.264. The zero-order valence-corrected chi connectivity index (χ0v) is 14.2. The van der Waals surface area contributed by atoms with Gasteiger partial charge >= 0.3 is 6.18 Å². The normalized spacial score (nSPS) is 18.2. The van der Waals surface area contributed by atoms with E-state index in [4.69, 9.17) is 0 Å². The molecule has 1 fully saturated rings. The number of carbonyl (C=O) groups is 1. The zero-order chi connectivity index (χ0) is 18.9. The van der Waals surface area contributed by atoms with Crippen LogP contribution >= 0.6 is 0 Å². The number of amides is 1. The summed E-state index contributed by atoms with van der Waals surface area (Å²) in [7, 11) is 0. The van der Waals surface area contributed by atoms with Crippen molar-refractivity contribution in [1.82, 2.24) is 15.1 Å². The van der Waals surface area contributed by atoms with Crippen molar-refractivity contribution in [2.45, 2.75) is 38.1 Å². The van der Waals surface area contributed by atoms with Crippen molar-refractivity contribution in [3.05, 3.63) is 53.9 Å². The Morgan fingerprint density at radius 1 is 1.31 bits per heavy atom. The Balaban J connectivity index is 1.61. The molecule has 140 valence electrons. The quantitative estimate of drug-likeness (QED) is 0.825. The smallest absolute Gasteiger partial charge is 0.388 e. The van der Waals surface area contributed by atoms with Crippen LogP contribution in [-0.2, 0) is 11.0 Å². The SMILES string of the molecule is CC(C(=O)NCC1(C(O)c2ccccc2)CC1)n1ccc(C(F)(F)F)n1. The number of carbonyl (C=O) groups excluding carboxylic acids is 1. The molecular weight excluding hydrogens is 347 g/mol. The molecule has 1 aliphatic carbocycles. The van der Waals surface area contributed by atoms with Crippen LogP contribution in [0.3, 0.4) is 0 Å². The summed E-state index contributed by atoms with van der Waals surface area (Å²) in [6.07, 6.45) is -2.55. The second-order valence-corrected chi connectivity index (χ2v) is 6.75. The van der Waals surface area contributed by atoms with Gasteiger partial charge in [-0.3, -0.25) is 9.48 Å². The van der Waals surface area contributed by atoms with Crippen molar-refractivity contribution in [3.8, 4) is 0 Å². The highest BCUT2D eigenvalue weighted by Crippen LogP contribution is 2.54. The van der Waals surface area contributed by atoms with Gasteiger partial charge < -0.3 is 10.4 Å². The lowest BCUT2D eigenvalue weighted by Gasteiger charge is -2.24. The number of aromatic nitrogens is 2. The summed E-state index contributed by atoms with van der Waals surface area (Å²) in [4.78, 5) is 12.3. The third-order valence-electron chi connectivity index (χ3n) is 4.88. The van der Waals surface area contributed by atoms with Crippen LogP contribution in [0, 0.1) is 5.41 Å². The highest BCUT2D eigenvalue weighted by atomic mass is 19.4. The number of nitrogens with zero attached hydrogens (tertiary/aromatic N) is 2. The van der Waals surface area contributed by atoms with Gasteiger partial charge in [-0.25, -0.2) is 0 Å². The molecule has 1 heterocycles. The Bertz CT molecular complexity index is 769. The highest BCUT2D eigenvalue weighted by molar-refractivity contribution is 5.79. The predicted octanol–water partition coefficient (Wildman–Crippen LogP) is 3.09. The summed E-state index contributed by atoms with van der Waals surface area (Å²) in [5.41, 5.74) is -0.664. The van der Waals surface area contributed by atoms with Crippen LogP contribution in [0.4, 0.5) is 13.2 Å². The summed E-state index contributed by atoms with van der Waals surface area (Å²) in [5.74, 6) is -0.437. The average molecular weight is 367 g/mol. The van der Waals surface area contributed by atoms with Crippen molar-refractivity contribution in [2.75, 3.05) is 6.54 Å². The molecule has 0 spiro atoms. The fourth-order valence-corrected chi connectivity index (χ4v) is 2.93. The van der Waals surface area contributed by atoms with Gasteiger partial charge in [-0.1, -0.05) is 30.3 Å². The molecule has 1 aliphatic rings. The summed E-state index contributed by atoms with van der Waals surface area (Å²) < 4.78 is 38.9. The van der Waals surface area contributed by atoms with Gasteiger partial charge in [-0.15, -0.1) is 0 Å². The van der Waals surface area contributed by atoms with Crippen LogP contribution in [0.5, 0.6) is 0 Å². The Morgan fingerprint density at radius 2 is 1.96 bits per heavy atom. The van der Waals surface area contributed by atoms with Gasteiger partial charge in [0.25, 0.3) is 0 Å². The summed E-state index contributed by atoms with van der Waals surface area (Å²) in [6, 6.07) is 9.16. The third-order valence-corrected chi connectivity index (χ3v) is 4.88. The molecule has 1 amide bonds. The summed E-state index contributed by atoms with van der Waals surface area (Å²) in [6.45, 7) is 1.75. The van der Waals surface area contributed by atoms with E-state index in [9.17, 15) is 23.1 Å². The van der Waals surface area contributed by atoms with Crippen molar-refractivity contribution in [2.24, 2.45) is 5.41 Å². The largest absolute Gasteiger partial charge is 0.435 e. The van der Waals surface area contributed by atoms with Crippen LogP contribution in [0.15, 0.2) is 42.6 Å². The molecule has 3 rings (SSSR count). The van der Waals surface area contributed by atoms with E-state index in [2.05, 4.69) is 10.4 Å². The Labute approximate surface area is 148 Å². The fourth-order valence-electron chi connectivity index (χ4n) is 2.93. The molecule has 2 atom stereocenters. The van der Waals surface area contributed by atoms with Crippen molar-refractivity contribution >= 4 is 5.91 Å². The topological polar surface area (TPSA) is 67.2 Å². The van der Waals surface area contributed by atoms with Crippen LogP contribution < -0.4 is 5.32 Å². The number of aliphatic hydroxyl groups is 1. The van der Waals surface area contributed by atoms with Crippen molar-refractivity contribution in [1.29, 1.82) is 0 Å². The first-order chi connectivity index (χ1) is 12.2. The third kappa shape index (κ3) is 3.75. The lowest BCUT2D eigenvalue weighted by atomic mass is 9.92. The predicted molar refractivity (Wildman–Crippen MR) is 88.0 cm³/mol. The summed E-state index contributed by atoms with van der Waals surface area (Å²) >= 11 is 0. The molecule has 1 saturated carbocycles. The maximum atomic E-state index is 12.6. The molecule has 0 bridgehead atoms. The second-order valence-electron chi connectivity index (χ2n) is 6.75. The molecule has 0 saturated heterocycles. The first-order valence-electron chi connectivity index (χ1n) is 8.36. The Hall–Kier alpha value is -2.35. The Kier molecular flexibility index (Phi) is 4.79. The number of aliphatic hydroxyl groups excluding tert-OH is 1. The standard InChI is InChI=1S/C18H20F3N3O2/c1-12(24-10-7-14(23-24)18(19,20)21)16(26)22-11-17(8-9-17)15(25)13-5-3-2-4-6-13/h2-7,10,12,15,25H,8-9,11H2,1H3,(H,22,26).